The van der Waals surface area contributed by atoms with E-state index in [-0.39, 0.29) is 0 Å². The molecule has 0 radical (unpaired) electrons. The molecule has 0 N–H and O–H groups in total. The number of halogens is 1. The molecule has 0 fully saturated rings. The lowest BCUT2D eigenvalue weighted by Crippen LogP contribution is -2.04. The van der Waals surface area contributed by atoms with E-state index in [1.807, 2.05) is 29.1 Å². The van der Waals surface area contributed by atoms with E-state index in [1.54, 1.807) is 0 Å². The third-order valence-electron chi connectivity index (χ3n) is 3.49. The van der Waals surface area contributed by atoms with Gasteiger partial charge >= 0.3 is 0 Å². The van der Waals surface area contributed by atoms with E-state index >= 15 is 0 Å². The zero-order valence-corrected chi connectivity index (χ0v) is 13.2. The second kappa shape index (κ2) is 5.37. The molecule has 3 aromatic rings. The summed E-state index contributed by atoms with van der Waals surface area (Å²) < 4.78 is 3.06. The third-order valence-corrected chi connectivity index (χ3v) is 4.18. The molecule has 20 heavy (non-hydrogen) atoms. The summed E-state index contributed by atoms with van der Waals surface area (Å²) in [5.74, 6) is 0.903. The Morgan fingerprint density at radius 1 is 1.10 bits per heavy atom. The Morgan fingerprint density at radius 3 is 2.70 bits per heavy atom. The van der Waals surface area contributed by atoms with Gasteiger partial charge in [0.2, 0.25) is 0 Å². The summed E-state index contributed by atoms with van der Waals surface area (Å²) in [5, 5.41) is 6.96. The molecule has 0 aliphatic rings. The average molecular weight is 330 g/mol. The molecule has 0 bridgehead atoms. The van der Waals surface area contributed by atoms with Crippen LogP contribution in [0.2, 0.25) is 0 Å². The van der Waals surface area contributed by atoms with E-state index < -0.39 is 0 Å². The Bertz CT molecular complexity index is 762. The summed E-state index contributed by atoms with van der Waals surface area (Å²) in [7, 11) is 0. The first-order valence-electron chi connectivity index (χ1n) is 6.86. The fourth-order valence-electron chi connectivity index (χ4n) is 2.41. The van der Waals surface area contributed by atoms with Crippen LogP contribution in [0.15, 0.2) is 41.0 Å². The second-order valence-electron chi connectivity index (χ2n) is 4.72. The molecule has 3 nitrogen and oxygen atoms in total. The average Bonchev–Trinajstić information content (AvgIpc) is 2.90. The van der Waals surface area contributed by atoms with Crippen molar-refractivity contribution in [2.75, 3.05) is 0 Å². The molecule has 1 aromatic carbocycles. The number of nitrogens with zero attached hydrogens (tertiary/aromatic N) is 3. The SMILES string of the molecule is CCc1cc(CC)n(-c2nccc3c(Br)cccc23)n1. The van der Waals surface area contributed by atoms with Crippen molar-refractivity contribution in [3.8, 4) is 5.82 Å². The predicted molar refractivity (Wildman–Crippen MR) is 85.3 cm³/mol. The van der Waals surface area contributed by atoms with Crippen molar-refractivity contribution in [3.05, 3.63) is 52.4 Å². The molecule has 2 heterocycles. The minimum atomic E-state index is 0.903. The van der Waals surface area contributed by atoms with Gasteiger partial charge in [0.1, 0.15) is 0 Å². The molecule has 0 aliphatic carbocycles. The van der Waals surface area contributed by atoms with Gasteiger partial charge in [-0.3, -0.25) is 0 Å². The van der Waals surface area contributed by atoms with E-state index in [9.17, 15) is 0 Å². The number of aromatic nitrogens is 3. The van der Waals surface area contributed by atoms with Crippen LogP contribution < -0.4 is 0 Å². The highest BCUT2D eigenvalue weighted by atomic mass is 79.9. The number of aryl methyl sites for hydroxylation is 2. The fourth-order valence-corrected chi connectivity index (χ4v) is 2.90. The van der Waals surface area contributed by atoms with E-state index in [2.05, 4.69) is 52.0 Å². The topological polar surface area (TPSA) is 30.7 Å². The van der Waals surface area contributed by atoms with Crippen molar-refractivity contribution in [2.24, 2.45) is 0 Å². The Balaban J connectivity index is 2.29. The number of benzene rings is 1. The van der Waals surface area contributed by atoms with Crippen LogP contribution >= 0.6 is 15.9 Å². The second-order valence-corrected chi connectivity index (χ2v) is 5.57. The molecule has 4 heteroatoms. The first-order valence-corrected chi connectivity index (χ1v) is 7.65. The van der Waals surface area contributed by atoms with Gasteiger partial charge in [0.05, 0.1) is 5.69 Å². The smallest absolute Gasteiger partial charge is 0.161 e. The first kappa shape index (κ1) is 13.3. The minimum Gasteiger partial charge on any atom is -0.237 e. The summed E-state index contributed by atoms with van der Waals surface area (Å²) in [6.45, 7) is 4.27. The normalized spacial score (nSPS) is 11.2. The van der Waals surface area contributed by atoms with Gasteiger partial charge in [0.15, 0.2) is 5.82 Å². The van der Waals surface area contributed by atoms with E-state index in [0.29, 0.717) is 0 Å². The van der Waals surface area contributed by atoms with E-state index in [1.165, 1.54) is 5.69 Å². The zero-order valence-electron chi connectivity index (χ0n) is 11.6. The van der Waals surface area contributed by atoms with Gasteiger partial charge in [-0.15, -0.1) is 0 Å². The minimum absolute atomic E-state index is 0.903. The molecule has 3 rings (SSSR count). The van der Waals surface area contributed by atoms with Gasteiger partial charge < -0.3 is 0 Å². The number of pyridine rings is 1. The lowest BCUT2D eigenvalue weighted by molar-refractivity contribution is 0.778. The largest absolute Gasteiger partial charge is 0.237 e. The van der Waals surface area contributed by atoms with Crippen LogP contribution in [0.4, 0.5) is 0 Å². The van der Waals surface area contributed by atoms with Crippen LogP contribution in [0.5, 0.6) is 0 Å². The van der Waals surface area contributed by atoms with Crippen LogP contribution in [0.3, 0.4) is 0 Å². The molecular formula is C16H16BrN3. The van der Waals surface area contributed by atoms with Crippen molar-refractivity contribution in [1.29, 1.82) is 0 Å². The Kier molecular flexibility index (Phi) is 3.57. The molecule has 0 amide bonds. The molecular weight excluding hydrogens is 314 g/mol. The van der Waals surface area contributed by atoms with Crippen molar-refractivity contribution < 1.29 is 0 Å². The summed E-state index contributed by atoms with van der Waals surface area (Å²) in [4.78, 5) is 4.55. The quantitative estimate of drug-likeness (QED) is 0.716. The van der Waals surface area contributed by atoms with Gasteiger partial charge in [-0.1, -0.05) is 41.9 Å². The molecule has 2 aromatic heterocycles. The molecule has 0 saturated carbocycles. The van der Waals surface area contributed by atoms with Crippen LogP contribution in [0.1, 0.15) is 25.2 Å². The van der Waals surface area contributed by atoms with Gasteiger partial charge in [-0.05, 0) is 31.0 Å². The van der Waals surface area contributed by atoms with Crippen LogP contribution in [0.25, 0.3) is 16.6 Å². The fraction of sp³-hybridized carbons (Fsp3) is 0.250. The standard InChI is InChI=1S/C16H16BrN3/c1-3-11-10-12(4-2)20(19-11)16-14-6-5-7-15(17)13(14)8-9-18-16/h5-10H,3-4H2,1-2H3. The maximum Gasteiger partial charge on any atom is 0.161 e. The highest BCUT2D eigenvalue weighted by Crippen LogP contribution is 2.27. The third kappa shape index (κ3) is 2.14. The molecule has 0 unspecified atom stereocenters. The van der Waals surface area contributed by atoms with Crippen molar-refractivity contribution in [2.45, 2.75) is 26.7 Å². The van der Waals surface area contributed by atoms with Crippen molar-refractivity contribution >= 4 is 26.7 Å². The maximum absolute atomic E-state index is 4.69. The molecule has 0 saturated heterocycles. The summed E-state index contributed by atoms with van der Waals surface area (Å²) in [5.41, 5.74) is 2.30. The number of rotatable bonds is 3. The van der Waals surface area contributed by atoms with E-state index in [4.69, 9.17) is 0 Å². The molecule has 0 aliphatic heterocycles. The highest BCUT2D eigenvalue weighted by Gasteiger charge is 2.12. The Hall–Kier alpha value is -1.68. The summed E-state index contributed by atoms with van der Waals surface area (Å²) >= 11 is 3.60. The lowest BCUT2D eigenvalue weighted by atomic mass is 10.1. The van der Waals surface area contributed by atoms with Gasteiger partial charge in [0.25, 0.3) is 0 Å². The Labute approximate surface area is 126 Å². The van der Waals surface area contributed by atoms with Crippen LogP contribution in [-0.4, -0.2) is 14.8 Å². The van der Waals surface area contributed by atoms with Gasteiger partial charge in [-0.25, -0.2) is 9.67 Å². The summed E-state index contributed by atoms with van der Waals surface area (Å²) in [6.07, 6.45) is 3.72. The zero-order chi connectivity index (χ0) is 14.1. The first-order chi connectivity index (χ1) is 9.74. The predicted octanol–water partition coefficient (Wildman–Crippen LogP) is 4.31. The molecule has 0 atom stereocenters. The van der Waals surface area contributed by atoms with Crippen LogP contribution in [-0.2, 0) is 12.8 Å². The maximum atomic E-state index is 4.69. The molecule has 102 valence electrons. The number of fused-ring (bicyclic) bond motifs is 1. The number of hydrogen-bond donors (Lipinski definition) is 0. The van der Waals surface area contributed by atoms with Gasteiger partial charge in [0, 0.05) is 27.1 Å². The van der Waals surface area contributed by atoms with Crippen molar-refractivity contribution in [3.63, 3.8) is 0 Å². The monoisotopic (exact) mass is 329 g/mol. The van der Waals surface area contributed by atoms with E-state index in [0.717, 1.165) is 39.6 Å². The van der Waals surface area contributed by atoms with Gasteiger partial charge in [-0.2, -0.15) is 5.10 Å². The number of hydrogen-bond acceptors (Lipinski definition) is 2. The molecule has 0 spiro atoms. The van der Waals surface area contributed by atoms with Crippen LogP contribution in [0, 0.1) is 0 Å². The highest BCUT2D eigenvalue weighted by molar-refractivity contribution is 9.10. The Morgan fingerprint density at radius 2 is 1.95 bits per heavy atom. The van der Waals surface area contributed by atoms with Crippen molar-refractivity contribution in [1.82, 2.24) is 14.8 Å². The summed E-state index contributed by atoms with van der Waals surface area (Å²) in [6, 6.07) is 10.4. The lowest BCUT2D eigenvalue weighted by Gasteiger charge is -2.09.